The Morgan fingerprint density at radius 1 is 1.12 bits per heavy atom. The molecular formula is C19H21FN2O3. The van der Waals surface area contributed by atoms with Crippen molar-refractivity contribution in [1.29, 1.82) is 0 Å². The van der Waals surface area contributed by atoms with Crippen LogP contribution in [0.1, 0.15) is 19.4 Å². The van der Waals surface area contributed by atoms with E-state index < -0.39 is 17.8 Å². The molecule has 0 spiro atoms. The second-order valence-electron chi connectivity index (χ2n) is 5.51. The van der Waals surface area contributed by atoms with Gasteiger partial charge in [-0.2, -0.15) is 0 Å². The molecule has 0 saturated carbocycles. The van der Waals surface area contributed by atoms with Crippen molar-refractivity contribution in [2.45, 2.75) is 26.3 Å². The number of carbonyl (C=O) groups is 2. The third-order valence-corrected chi connectivity index (χ3v) is 3.50. The van der Waals surface area contributed by atoms with E-state index >= 15 is 0 Å². The van der Waals surface area contributed by atoms with E-state index in [2.05, 4.69) is 10.6 Å². The average molecular weight is 344 g/mol. The molecule has 0 aliphatic heterocycles. The summed E-state index contributed by atoms with van der Waals surface area (Å²) in [6, 6.07) is 12.3. The Hall–Kier alpha value is -2.89. The van der Waals surface area contributed by atoms with Gasteiger partial charge in [0.2, 0.25) is 11.8 Å². The standard InChI is InChI=1S/C19H21FN2O3/c1-3-25-15-10-8-14(9-11-15)12-18(23)21-13(2)19(24)22-17-7-5-4-6-16(17)20/h4-11,13H,3,12H2,1-2H3,(H,21,23)(H,22,24). The number of benzene rings is 2. The van der Waals surface area contributed by atoms with Gasteiger partial charge in [-0.05, 0) is 43.7 Å². The minimum Gasteiger partial charge on any atom is -0.494 e. The third-order valence-electron chi connectivity index (χ3n) is 3.50. The second-order valence-corrected chi connectivity index (χ2v) is 5.51. The predicted molar refractivity (Wildman–Crippen MR) is 93.9 cm³/mol. The molecule has 0 radical (unpaired) electrons. The quantitative estimate of drug-likeness (QED) is 0.811. The average Bonchev–Trinajstić information content (AvgIpc) is 2.58. The summed E-state index contributed by atoms with van der Waals surface area (Å²) in [5, 5.41) is 5.06. The molecule has 2 rings (SSSR count). The number of halogens is 1. The van der Waals surface area contributed by atoms with Crippen molar-refractivity contribution in [1.82, 2.24) is 5.32 Å². The van der Waals surface area contributed by atoms with E-state index in [1.54, 1.807) is 37.3 Å². The molecule has 1 unspecified atom stereocenters. The van der Waals surface area contributed by atoms with E-state index in [-0.39, 0.29) is 18.0 Å². The van der Waals surface area contributed by atoms with Crippen LogP contribution in [0.25, 0.3) is 0 Å². The predicted octanol–water partition coefficient (Wildman–Crippen LogP) is 2.91. The molecule has 0 fully saturated rings. The van der Waals surface area contributed by atoms with Crippen molar-refractivity contribution in [3.8, 4) is 5.75 Å². The highest BCUT2D eigenvalue weighted by atomic mass is 19.1. The highest BCUT2D eigenvalue weighted by Crippen LogP contribution is 2.13. The topological polar surface area (TPSA) is 67.4 Å². The SMILES string of the molecule is CCOc1ccc(CC(=O)NC(C)C(=O)Nc2ccccc2F)cc1. The van der Waals surface area contributed by atoms with E-state index in [9.17, 15) is 14.0 Å². The summed E-state index contributed by atoms with van der Waals surface area (Å²) in [7, 11) is 0. The van der Waals surface area contributed by atoms with Crippen LogP contribution in [0.15, 0.2) is 48.5 Å². The zero-order valence-electron chi connectivity index (χ0n) is 14.2. The summed E-state index contributed by atoms with van der Waals surface area (Å²) >= 11 is 0. The van der Waals surface area contributed by atoms with Crippen molar-refractivity contribution in [3.63, 3.8) is 0 Å². The van der Waals surface area contributed by atoms with E-state index in [0.29, 0.717) is 6.61 Å². The van der Waals surface area contributed by atoms with Gasteiger partial charge in [-0.3, -0.25) is 9.59 Å². The molecule has 0 bridgehead atoms. The molecule has 25 heavy (non-hydrogen) atoms. The number of hydrogen-bond acceptors (Lipinski definition) is 3. The zero-order chi connectivity index (χ0) is 18.2. The van der Waals surface area contributed by atoms with Crippen LogP contribution in [0.4, 0.5) is 10.1 Å². The van der Waals surface area contributed by atoms with Crippen molar-refractivity contribution < 1.29 is 18.7 Å². The van der Waals surface area contributed by atoms with Crippen LogP contribution in [0.2, 0.25) is 0 Å². The summed E-state index contributed by atoms with van der Waals surface area (Å²) in [5.41, 5.74) is 0.891. The van der Waals surface area contributed by atoms with Gasteiger partial charge in [0.1, 0.15) is 17.6 Å². The van der Waals surface area contributed by atoms with E-state index in [4.69, 9.17) is 4.74 Å². The van der Waals surface area contributed by atoms with Gasteiger partial charge in [-0.25, -0.2) is 4.39 Å². The molecule has 2 aromatic carbocycles. The monoisotopic (exact) mass is 344 g/mol. The molecule has 5 nitrogen and oxygen atoms in total. The maximum absolute atomic E-state index is 13.5. The van der Waals surface area contributed by atoms with Crippen LogP contribution in [-0.4, -0.2) is 24.5 Å². The van der Waals surface area contributed by atoms with Crippen molar-refractivity contribution in [2.75, 3.05) is 11.9 Å². The van der Waals surface area contributed by atoms with Crippen LogP contribution >= 0.6 is 0 Å². The fourth-order valence-electron chi connectivity index (χ4n) is 2.22. The molecule has 0 aromatic heterocycles. The smallest absolute Gasteiger partial charge is 0.246 e. The molecule has 0 heterocycles. The number of carbonyl (C=O) groups excluding carboxylic acids is 2. The molecule has 1 atom stereocenters. The number of ether oxygens (including phenoxy) is 1. The molecule has 6 heteroatoms. The van der Waals surface area contributed by atoms with Gasteiger partial charge in [0.15, 0.2) is 0 Å². The lowest BCUT2D eigenvalue weighted by molar-refractivity contribution is -0.125. The molecule has 132 valence electrons. The first-order valence-corrected chi connectivity index (χ1v) is 8.06. The Morgan fingerprint density at radius 2 is 1.80 bits per heavy atom. The first-order valence-electron chi connectivity index (χ1n) is 8.06. The number of anilines is 1. The molecule has 0 aliphatic rings. The molecule has 2 amide bonds. The van der Waals surface area contributed by atoms with Crippen molar-refractivity contribution in [3.05, 3.63) is 59.9 Å². The third kappa shape index (κ3) is 5.60. The lowest BCUT2D eigenvalue weighted by atomic mass is 10.1. The van der Waals surface area contributed by atoms with Crippen molar-refractivity contribution >= 4 is 17.5 Å². The highest BCUT2D eigenvalue weighted by Gasteiger charge is 2.17. The van der Waals surface area contributed by atoms with Gasteiger partial charge in [0.25, 0.3) is 0 Å². The summed E-state index contributed by atoms with van der Waals surface area (Å²) in [4.78, 5) is 24.1. The van der Waals surface area contributed by atoms with Gasteiger partial charge >= 0.3 is 0 Å². The van der Waals surface area contributed by atoms with Gasteiger partial charge in [0.05, 0.1) is 18.7 Å². The molecular weight excluding hydrogens is 323 g/mol. The lowest BCUT2D eigenvalue weighted by Crippen LogP contribution is -2.42. The summed E-state index contributed by atoms with van der Waals surface area (Å²) in [6.07, 6.45) is 0.143. The summed E-state index contributed by atoms with van der Waals surface area (Å²) < 4.78 is 18.9. The fourth-order valence-corrected chi connectivity index (χ4v) is 2.22. The Morgan fingerprint density at radius 3 is 2.44 bits per heavy atom. The summed E-state index contributed by atoms with van der Waals surface area (Å²) in [6.45, 7) is 4.02. The summed E-state index contributed by atoms with van der Waals surface area (Å²) in [5.74, 6) is -0.557. The minimum atomic E-state index is -0.783. The maximum Gasteiger partial charge on any atom is 0.246 e. The molecule has 0 saturated heterocycles. The number of nitrogens with one attached hydrogen (secondary N) is 2. The Kier molecular flexibility index (Phi) is 6.51. The van der Waals surface area contributed by atoms with E-state index in [1.165, 1.54) is 18.2 Å². The van der Waals surface area contributed by atoms with Crippen LogP contribution in [-0.2, 0) is 16.0 Å². The number of para-hydroxylation sites is 1. The first-order chi connectivity index (χ1) is 12.0. The Bertz CT molecular complexity index is 732. The fraction of sp³-hybridized carbons (Fsp3) is 0.263. The molecule has 2 aromatic rings. The minimum absolute atomic E-state index is 0.0834. The second kappa shape index (κ2) is 8.82. The normalized spacial score (nSPS) is 11.5. The number of rotatable bonds is 7. The van der Waals surface area contributed by atoms with E-state index in [0.717, 1.165) is 11.3 Å². The van der Waals surface area contributed by atoms with Gasteiger partial charge < -0.3 is 15.4 Å². The van der Waals surface area contributed by atoms with Gasteiger partial charge in [-0.1, -0.05) is 24.3 Å². The Labute approximate surface area is 146 Å². The lowest BCUT2D eigenvalue weighted by Gasteiger charge is -2.14. The van der Waals surface area contributed by atoms with Crippen LogP contribution in [0.5, 0.6) is 5.75 Å². The first kappa shape index (κ1) is 18.4. The zero-order valence-corrected chi connectivity index (χ0v) is 14.2. The van der Waals surface area contributed by atoms with Crippen LogP contribution < -0.4 is 15.4 Å². The maximum atomic E-state index is 13.5. The van der Waals surface area contributed by atoms with Gasteiger partial charge in [0, 0.05) is 0 Å². The molecule has 0 aliphatic carbocycles. The van der Waals surface area contributed by atoms with E-state index in [1.807, 2.05) is 6.92 Å². The van der Waals surface area contributed by atoms with Gasteiger partial charge in [-0.15, -0.1) is 0 Å². The Balaban J connectivity index is 1.86. The number of amides is 2. The van der Waals surface area contributed by atoms with Crippen LogP contribution in [0.3, 0.4) is 0 Å². The number of hydrogen-bond donors (Lipinski definition) is 2. The van der Waals surface area contributed by atoms with Crippen molar-refractivity contribution in [2.24, 2.45) is 0 Å². The van der Waals surface area contributed by atoms with Crippen LogP contribution in [0, 0.1) is 5.82 Å². The highest BCUT2D eigenvalue weighted by molar-refractivity contribution is 5.97. The largest absolute Gasteiger partial charge is 0.494 e. The molecule has 2 N–H and O–H groups in total.